The molecule has 2 amide bonds. The predicted octanol–water partition coefficient (Wildman–Crippen LogP) is 2.43. The highest BCUT2D eigenvalue weighted by Gasteiger charge is 2.46. The highest BCUT2D eigenvalue weighted by Crippen LogP contribution is 2.26. The summed E-state index contributed by atoms with van der Waals surface area (Å²) in [6.07, 6.45) is 2.41. The molecule has 2 aliphatic rings. The van der Waals surface area contributed by atoms with E-state index in [0.717, 1.165) is 25.9 Å². The van der Waals surface area contributed by atoms with Crippen molar-refractivity contribution in [3.8, 4) is 0 Å². The van der Waals surface area contributed by atoms with Crippen LogP contribution in [-0.2, 0) is 9.59 Å². The largest absolute Gasteiger partial charge is 0.324 e. The first-order valence-electron chi connectivity index (χ1n) is 9.15. The zero-order valence-electron chi connectivity index (χ0n) is 14.5. The predicted molar refractivity (Wildman–Crippen MR) is 101 cm³/mol. The lowest BCUT2D eigenvalue weighted by Crippen LogP contribution is -3.17. The second-order valence-electron chi connectivity index (χ2n) is 7.14. The van der Waals surface area contributed by atoms with Crippen molar-refractivity contribution in [1.82, 2.24) is 0 Å². The van der Waals surface area contributed by atoms with E-state index in [2.05, 4.69) is 24.3 Å². The minimum atomic E-state index is -0.255. The number of hydrogen-bond donors (Lipinski definition) is 1. The average Bonchev–Trinajstić information content (AvgIpc) is 2.98. The van der Waals surface area contributed by atoms with Crippen molar-refractivity contribution in [3.05, 3.63) is 65.2 Å². The highest BCUT2D eigenvalue weighted by molar-refractivity contribution is 6.30. The van der Waals surface area contributed by atoms with Gasteiger partial charge in [0.15, 0.2) is 6.04 Å². The van der Waals surface area contributed by atoms with E-state index in [1.807, 2.05) is 6.07 Å². The Balaban J connectivity index is 1.44. The fourth-order valence-corrected chi connectivity index (χ4v) is 4.33. The van der Waals surface area contributed by atoms with Crippen LogP contribution >= 0.6 is 11.6 Å². The summed E-state index contributed by atoms with van der Waals surface area (Å²) in [5.74, 6) is 0.366. The van der Waals surface area contributed by atoms with Gasteiger partial charge in [-0.15, -0.1) is 0 Å². The molecule has 0 radical (unpaired) electrons. The molecule has 26 heavy (non-hydrogen) atoms. The maximum absolute atomic E-state index is 12.9. The number of carbonyl (C=O) groups excluding carboxylic acids is 2. The van der Waals surface area contributed by atoms with E-state index in [9.17, 15) is 9.59 Å². The van der Waals surface area contributed by atoms with Crippen molar-refractivity contribution in [1.29, 1.82) is 0 Å². The van der Waals surface area contributed by atoms with Gasteiger partial charge in [0, 0.05) is 17.9 Å². The number of quaternary nitrogens is 1. The molecular formula is C21H22ClN2O2+. The van der Waals surface area contributed by atoms with Crippen LogP contribution in [-0.4, -0.2) is 30.9 Å². The molecule has 0 spiro atoms. The number of nitrogens with one attached hydrogen (secondary N) is 1. The molecule has 0 aromatic heterocycles. The number of likely N-dealkylation sites (tertiary alicyclic amines) is 1. The summed E-state index contributed by atoms with van der Waals surface area (Å²) < 4.78 is 0. The summed E-state index contributed by atoms with van der Waals surface area (Å²) >= 11 is 5.91. The van der Waals surface area contributed by atoms with E-state index in [0.29, 0.717) is 23.0 Å². The van der Waals surface area contributed by atoms with Crippen LogP contribution in [0.2, 0.25) is 5.02 Å². The molecule has 0 aliphatic carbocycles. The standard InChI is InChI=1S/C21H21ClN2O2/c22-17-6-8-18(9-7-17)24-20(25)14-19(21(24)26)23-12-10-16(11-13-23)15-4-2-1-3-5-15/h1-9,16,19H,10-14H2/p+1/t19-/m0/s1. The number of rotatable bonds is 3. The van der Waals surface area contributed by atoms with Crippen LogP contribution in [0.5, 0.6) is 0 Å². The van der Waals surface area contributed by atoms with E-state index in [1.165, 1.54) is 15.4 Å². The molecule has 2 aliphatic heterocycles. The smallest absolute Gasteiger partial charge is 0.292 e. The quantitative estimate of drug-likeness (QED) is 0.844. The molecule has 0 unspecified atom stereocenters. The summed E-state index contributed by atoms with van der Waals surface area (Å²) in [7, 11) is 0. The third-order valence-corrected chi connectivity index (χ3v) is 5.88. The van der Waals surface area contributed by atoms with E-state index < -0.39 is 0 Å². The summed E-state index contributed by atoms with van der Waals surface area (Å²) in [6, 6.07) is 17.2. The lowest BCUT2D eigenvalue weighted by molar-refractivity contribution is -0.920. The zero-order chi connectivity index (χ0) is 18.1. The molecule has 134 valence electrons. The molecule has 4 rings (SSSR count). The van der Waals surface area contributed by atoms with Gasteiger partial charge in [-0.25, -0.2) is 4.90 Å². The fourth-order valence-electron chi connectivity index (χ4n) is 4.21. The Hall–Kier alpha value is -2.17. The third kappa shape index (κ3) is 3.27. The van der Waals surface area contributed by atoms with Crippen LogP contribution in [0, 0.1) is 0 Å². The van der Waals surface area contributed by atoms with Crippen LogP contribution in [0.3, 0.4) is 0 Å². The first-order valence-corrected chi connectivity index (χ1v) is 9.53. The molecule has 1 N–H and O–H groups in total. The van der Waals surface area contributed by atoms with Crippen molar-refractivity contribution < 1.29 is 14.5 Å². The minimum Gasteiger partial charge on any atom is -0.324 e. The van der Waals surface area contributed by atoms with Gasteiger partial charge in [-0.1, -0.05) is 41.9 Å². The molecule has 2 aromatic carbocycles. The second kappa shape index (κ2) is 7.22. The SMILES string of the molecule is O=C1C[C@H]([NH+]2CCC(c3ccccc3)CC2)C(=O)N1c1ccc(Cl)cc1. The monoisotopic (exact) mass is 369 g/mol. The molecule has 5 heteroatoms. The Labute approximate surface area is 158 Å². The van der Waals surface area contributed by atoms with Crippen molar-refractivity contribution in [2.45, 2.75) is 31.2 Å². The molecule has 2 aromatic rings. The van der Waals surface area contributed by atoms with Crippen molar-refractivity contribution in [2.24, 2.45) is 0 Å². The number of nitrogens with zero attached hydrogens (tertiary/aromatic N) is 1. The van der Waals surface area contributed by atoms with Gasteiger partial charge in [0.25, 0.3) is 5.91 Å². The lowest BCUT2D eigenvalue weighted by Gasteiger charge is -2.32. The van der Waals surface area contributed by atoms with Crippen LogP contribution in [0.15, 0.2) is 54.6 Å². The zero-order valence-corrected chi connectivity index (χ0v) is 15.3. The Kier molecular flexibility index (Phi) is 4.79. The maximum Gasteiger partial charge on any atom is 0.292 e. The molecular weight excluding hydrogens is 348 g/mol. The number of hydrogen-bond acceptors (Lipinski definition) is 2. The van der Waals surface area contributed by atoms with E-state index in [-0.39, 0.29) is 17.9 Å². The van der Waals surface area contributed by atoms with Gasteiger partial charge >= 0.3 is 0 Å². The van der Waals surface area contributed by atoms with Crippen molar-refractivity contribution in [3.63, 3.8) is 0 Å². The van der Waals surface area contributed by atoms with Crippen LogP contribution in [0.4, 0.5) is 5.69 Å². The second-order valence-corrected chi connectivity index (χ2v) is 7.58. The van der Waals surface area contributed by atoms with Gasteiger partial charge in [0.1, 0.15) is 0 Å². The Morgan fingerprint density at radius 3 is 2.23 bits per heavy atom. The van der Waals surface area contributed by atoms with Crippen LogP contribution in [0.1, 0.15) is 30.7 Å². The molecule has 1 atom stereocenters. The molecule has 2 fully saturated rings. The minimum absolute atomic E-state index is 0.0783. The summed E-state index contributed by atoms with van der Waals surface area (Å²) in [4.78, 5) is 27.9. The third-order valence-electron chi connectivity index (χ3n) is 5.62. The Morgan fingerprint density at radius 2 is 1.58 bits per heavy atom. The Morgan fingerprint density at radius 1 is 0.923 bits per heavy atom. The van der Waals surface area contributed by atoms with E-state index in [4.69, 9.17) is 11.6 Å². The number of halogens is 1. The van der Waals surface area contributed by atoms with E-state index in [1.54, 1.807) is 24.3 Å². The number of imide groups is 1. The van der Waals surface area contributed by atoms with E-state index >= 15 is 0 Å². The lowest BCUT2D eigenvalue weighted by atomic mass is 9.89. The maximum atomic E-state index is 12.9. The molecule has 0 bridgehead atoms. The number of carbonyl (C=O) groups is 2. The number of piperidine rings is 1. The molecule has 2 saturated heterocycles. The molecule has 4 nitrogen and oxygen atoms in total. The highest BCUT2D eigenvalue weighted by atomic mass is 35.5. The normalized spacial score (nSPS) is 26.3. The van der Waals surface area contributed by atoms with Crippen molar-refractivity contribution in [2.75, 3.05) is 18.0 Å². The van der Waals surface area contributed by atoms with Crippen LogP contribution in [0.25, 0.3) is 0 Å². The topological polar surface area (TPSA) is 41.8 Å². The van der Waals surface area contributed by atoms with Gasteiger partial charge in [-0.3, -0.25) is 9.59 Å². The molecule has 2 heterocycles. The van der Waals surface area contributed by atoms with Crippen LogP contribution < -0.4 is 9.80 Å². The van der Waals surface area contributed by atoms with Gasteiger partial charge in [-0.05, 0) is 35.7 Å². The van der Waals surface area contributed by atoms with Gasteiger partial charge in [0.05, 0.1) is 25.2 Å². The fraction of sp³-hybridized carbons (Fsp3) is 0.333. The summed E-state index contributed by atoms with van der Waals surface area (Å²) in [6.45, 7) is 1.86. The first-order chi connectivity index (χ1) is 12.6. The molecule has 0 saturated carbocycles. The summed E-state index contributed by atoms with van der Waals surface area (Å²) in [5.41, 5.74) is 1.99. The average molecular weight is 370 g/mol. The van der Waals surface area contributed by atoms with Gasteiger partial charge in [0.2, 0.25) is 5.91 Å². The number of anilines is 1. The van der Waals surface area contributed by atoms with Gasteiger partial charge < -0.3 is 4.90 Å². The number of benzene rings is 2. The Bertz CT molecular complexity index is 799. The summed E-state index contributed by atoms with van der Waals surface area (Å²) in [5, 5.41) is 0.595. The van der Waals surface area contributed by atoms with Crippen molar-refractivity contribution >= 4 is 29.1 Å². The van der Waals surface area contributed by atoms with Gasteiger partial charge in [-0.2, -0.15) is 0 Å². The number of amides is 2. The first kappa shape index (κ1) is 17.3.